The van der Waals surface area contributed by atoms with E-state index in [0.29, 0.717) is 18.7 Å². The molecule has 110 valence electrons. The Morgan fingerprint density at radius 3 is 2.45 bits per heavy atom. The lowest BCUT2D eigenvalue weighted by molar-refractivity contribution is 0.0746. The van der Waals surface area contributed by atoms with Gasteiger partial charge in [0.15, 0.2) is 5.82 Å². The molecule has 0 bridgehead atoms. The fourth-order valence-corrected chi connectivity index (χ4v) is 2.92. The summed E-state index contributed by atoms with van der Waals surface area (Å²) in [4.78, 5) is 12.6. The predicted molar refractivity (Wildman–Crippen MR) is 69.1 cm³/mol. The number of hydrogen-bond acceptors (Lipinski definition) is 3. The van der Waals surface area contributed by atoms with Crippen molar-refractivity contribution < 1.29 is 22.0 Å². The molecule has 8 heteroatoms. The topological polar surface area (TPSA) is 54.5 Å². The average molecular weight is 324 g/mol. The van der Waals surface area contributed by atoms with Gasteiger partial charge in [-0.15, -0.1) is 0 Å². The molecular weight excluding hydrogens is 312 g/mol. The smallest absolute Gasteiger partial charge is 0.264 e. The molecule has 1 aromatic rings. The van der Waals surface area contributed by atoms with E-state index in [1.807, 2.05) is 0 Å². The summed E-state index contributed by atoms with van der Waals surface area (Å²) < 4.78 is 49.9. The van der Waals surface area contributed by atoms with Gasteiger partial charge in [-0.2, -0.15) is 0 Å². The van der Waals surface area contributed by atoms with Gasteiger partial charge in [0, 0.05) is 23.3 Å². The van der Waals surface area contributed by atoms with Crippen molar-refractivity contribution in [2.75, 3.05) is 6.54 Å². The van der Waals surface area contributed by atoms with Crippen LogP contribution in [0.4, 0.5) is 8.78 Å². The van der Waals surface area contributed by atoms with E-state index >= 15 is 0 Å². The average Bonchev–Trinajstić information content (AvgIpc) is 3.15. The van der Waals surface area contributed by atoms with Crippen molar-refractivity contribution in [3.8, 4) is 0 Å². The quantitative estimate of drug-likeness (QED) is 0.800. The first-order chi connectivity index (χ1) is 9.25. The summed E-state index contributed by atoms with van der Waals surface area (Å²) in [5.41, 5.74) is -0.613. The van der Waals surface area contributed by atoms with Crippen molar-refractivity contribution in [1.29, 1.82) is 0 Å². The number of halogens is 3. The van der Waals surface area contributed by atoms with Crippen LogP contribution in [0.2, 0.25) is 0 Å². The lowest BCUT2D eigenvalue weighted by Crippen LogP contribution is -2.33. The number of carbonyl (C=O) groups is 1. The molecule has 1 aromatic carbocycles. The molecule has 1 amide bonds. The number of benzene rings is 1. The van der Waals surface area contributed by atoms with Gasteiger partial charge in [0.1, 0.15) is 10.7 Å². The van der Waals surface area contributed by atoms with Crippen molar-refractivity contribution in [2.45, 2.75) is 30.7 Å². The lowest BCUT2D eigenvalue weighted by Gasteiger charge is -2.21. The second kappa shape index (κ2) is 5.29. The van der Waals surface area contributed by atoms with Gasteiger partial charge in [-0.05, 0) is 31.9 Å². The van der Waals surface area contributed by atoms with Crippen LogP contribution in [0.3, 0.4) is 0 Å². The molecule has 0 aromatic heterocycles. The van der Waals surface area contributed by atoms with Gasteiger partial charge >= 0.3 is 0 Å². The fourth-order valence-electron chi connectivity index (χ4n) is 2.01. The largest absolute Gasteiger partial charge is 0.336 e. The Morgan fingerprint density at radius 2 is 2.00 bits per heavy atom. The zero-order valence-electron chi connectivity index (χ0n) is 10.6. The van der Waals surface area contributed by atoms with E-state index in [2.05, 4.69) is 0 Å². The van der Waals surface area contributed by atoms with Gasteiger partial charge in [0.25, 0.3) is 15.0 Å². The van der Waals surface area contributed by atoms with Gasteiger partial charge in [-0.1, -0.05) is 0 Å². The van der Waals surface area contributed by atoms with Crippen molar-refractivity contribution in [2.24, 2.45) is 0 Å². The third-order valence-electron chi connectivity index (χ3n) is 3.09. The zero-order valence-corrected chi connectivity index (χ0v) is 12.1. The molecule has 1 aliphatic carbocycles. The van der Waals surface area contributed by atoms with E-state index in [0.717, 1.165) is 12.8 Å². The zero-order chi connectivity index (χ0) is 15.1. The number of nitrogens with zero attached hydrogens (tertiary/aromatic N) is 1. The number of carbonyl (C=O) groups excluding carboxylic acids is 1. The summed E-state index contributed by atoms with van der Waals surface area (Å²) in [5.74, 6) is -3.07. The van der Waals surface area contributed by atoms with Gasteiger partial charge in [-0.25, -0.2) is 17.2 Å². The monoisotopic (exact) mass is 323 g/mol. The first-order valence-corrected chi connectivity index (χ1v) is 8.31. The Hall–Kier alpha value is -1.21. The van der Waals surface area contributed by atoms with Gasteiger partial charge < -0.3 is 4.90 Å². The lowest BCUT2D eigenvalue weighted by atomic mass is 10.1. The second-order valence-electron chi connectivity index (χ2n) is 4.53. The van der Waals surface area contributed by atoms with E-state index < -0.39 is 37.1 Å². The molecule has 0 atom stereocenters. The third kappa shape index (κ3) is 2.93. The van der Waals surface area contributed by atoms with Crippen molar-refractivity contribution in [3.05, 3.63) is 29.3 Å². The van der Waals surface area contributed by atoms with Crippen LogP contribution in [-0.4, -0.2) is 31.8 Å². The highest BCUT2D eigenvalue weighted by Gasteiger charge is 2.34. The van der Waals surface area contributed by atoms with Crippen LogP contribution in [-0.2, 0) is 9.05 Å². The van der Waals surface area contributed by atoms with E-state index in [9.17, 15) is 22.0 Å². The first-order valence-electron chi connectivity index (χ1n) is 6.00. The Morgan fingerprint density at radius 1 is 1.40 bits per heavy atom. The first kappa shape index (κ1) is 15.2. The summed E-state index contributed by atoms with van der Waals surface area (Å²) in [7, 11) is 0.579. The molecule has 0 N–H and O–H groups in total. The summed E-state index contributed by atoms with van der Waals surface area (Å²) >= 11 is 0. The van der Waals surface area contributed by atoms with Crippen LogP contribution < -0.4 is 0 Å². The summed E-state index contributed by atoms with van der Waals surface area (Å²) in [6, 6.07) is 1.15. The van der Waals surface area contributed by atoms with Crippen molar-refractivity contribution in [1.82, 2.24) is 4.90 Å². The molecule has 0 aliphatic heterocycles. The molecule has 2 rings (SSSR count). The number of hydrogen-bond donors (Lipinski definition) is 0. The van der Waals surface area contributed by atoms with Crippen molar-refractivity contribution >= 4 is 25.6 Å². The summed E-state index contributed by atoms with van der Waals surface area (Å²) in [6.07, 6.45) is 1.61. The molecule has 1 saturated carbocycles. The maximum atomic E-state index is 14.1. The van der Waals surface area contributed by atoms with Crippen LogP contribution in [0.5, 0.6) is 0 Å². The SMILES string of the molecule is CCN(C(=O)c1cc(F)cc(S(=O)(=O)Cl)c1F)C1CC1. The normalized spacial score (nSPS) is 15.2. The van der Waals surface area contributed by atoms with E-state index in [-0.39, 0.29) is 6.04 Å². The van der Waals surface area contributed by atoms with Crippen LogP contribution in [0, 0.1) is 11.6 Å². The molecule has 0 heterocycles. The highest BCUT2D eigenvalue weighted by molar-refractivity contribution is 8.13. The maximum absolute atomic E-state index is 14.1. The molecular formula is C12H12ClF2NO3S. The predicted octanol–water partition coefficient (Wildman–Crippen LogP) is 2.52. The maximum Gasteiger partial charge on any atom is 0.264 e. The molecule has 1 fully saturated rings. The minimum Gasteiger partial charge on any atom is -0.336 e. The molecule has 0 saturated heterocycles. The Kier molecular flexibility index (Phi) is 4.02. The Labute approximate surface area is 119 Å². The number of amides is 1. The van der Waals surface area contributed by atoms with Gasteiger partial charge in [-0.3, -0.25) is 4.79 Å². The van der Waals surface area contributed by atoms with Crippen LogP contribution >= 0.6 is 10.7 Å². The van der Waals surface area contributed by atoms with Crippen LogP contribution in [0.15, 0.2) is 17.0 Å². The van der Waals surface area contributed by atoms with E-state index in [1.165, 1.54) is 4.90 Å². The molecule has 20 heavy (non-hydrogen) atoms. The summed E-state index contributed by atoms with van der Waals surface area (Å²) in [6.45, 7) is 2.05. The molecule has 0 radical (unpaired) electrons. The standard InChI is InChI=1S/C12H12ClF2NO3S/c1-2-16(8-3-4-8)12(17)9-5-7(14)6-10(11(9)15)20(13,18)19/h5-6,8H,2-4H2,1H3. The second-order valence-corrected chi connectivity index (χ2v) is 7.06. The molecule has 0 unspecified atom stereocenters. The highest BCUT2D eigenvalue weighted by atomic mass is 35.7. The molecule has 1 aliphatic rings. The van der Waals surface area contributed by atoms with Crippen LogP contribution in [0.25, 0.3) is 0 Å². The Bertz CT molecular complexity index is 659. The van der Waals surface area contributed by atoms with Gasteiger partial charge in [0.2, 0.25) is 0 Å². The number of rotatable bonds is 4. The van der Waals surface area contributed by atoms with E-state index in [1.54, 1.807) is 6.92 Å². The molecule has 0 spiro atoms. The minimum absolute atomic E-state index is 0.00576. The highest BCUT2D eigenvalue weighted by Crippen LogP contribution is 2.30. The Balaban J connectivity index is 2.51. The third-order valence-corrected chi connectivity index (χ3v) is 4.41. The minimum atomic E-state index is -4.46. The summed E-state index contributed by atoms with van der Waals surface area (Å²) in [5, 5.41) is 0. The van der Waals surface area contributed by atoms with Crippen molar-refractivity contribution in [3.63, 3.8) is 0 Å². The van der Waals surface area contributed by atoms with Crippen LogP contribution in [0.1, 0.15) is 30.1 Å². The van der Waals surface area contributed by atoms with E-state index in [4.69, 9.17) is 10.7 Å². The molecule has 4 nitrogen and oxygen atoms in total. The van der Waals surface area contributed by atoms with Gasteiger partial charge in [0.05, 0.1) is 5.56 Å². The fraction of sp³-hybridized carbons (Fsp3) is 0.417.